The summed E-state index contributed by atoms with van der Waals surface area (Å²) >= 11 is 1.43. The Morgan fingerprint density at radius 2 is 2.39 bits per heavy atom. The van der Waals surface area contributed by atoms with E-state index in [0.29, 0.717) is 22.8 Å². The predicted octanol–water partition coefficient (Wildman–Crippen LogP) is 1.21. The number of carbonyl (C=O) groups is 1. The molecular weight excluding hydrogens is 252 g/mol. The van der Waals surface area contributed by atoms with Crippen LogP contribution in [0.5, 0.6) is 5.75 Å². The van der Waals surface area contributed by atoms with Crippen LogP contribution in [0, 0.1) is 11.3 Å². The summed E-state index contributed by atoms with van der Waals surface area (Å²) in [5, 5.41) is 17.5. The second-order valence-electron chi connectivity index (χ2n) is 3.61. The number of hydrogen-bond acceptors (Lipinski definition) is 5. The van der Waals surface area contributed by atoms with Gasteiger partial charge in [-0.25, -0.2) is 0 Å². The third-order valence-corrected chi connectivity index (χ3v) is 3.40. The fraction of sp³-hybridized carbons (Fsp3) is 0.333. The highest BCUT2D eigenvalue weighted by atomic mass is 32.2. The second-order valence-corrected chi connectivity index (χ2v) is 4.64. The van der Waals surface area contributed by atoms with E-state index in [4.69, 9.17) is 20.8 Å². The van der Waals surface area contributed by atoms with E-state index in [0.717, 1.165) is 5.56 Å². The Morgan fingerprint density at radius 1 is 1.67 bits per heavy atom. The minimum Gasteiger partial charge on any atom is -0.495 e. The molecule has 0 spiro atoms. The van der Waals surface area contributed by atoms with Crippen molar-refractivity contribution in [3.8, 4) is 11.8 Å². The molecule has 5 nitrogen and oxygen atoms in total. The van der Waals surface area contributed by atoms with Gasteiger partial charge in [0.05, 0.1) is 12.7 Å². The molecule has 96 valence electrons. The first-order valence-electron chi connectivity index (χ1n) is 5.21. The molecule has 0 fully saturated rings. The van der Waals surface area contributed by atoms with Crippen LogP contribution in [-0.4, -0.2) is 30.0 Å². The number of thioether (sulfide) groups is 1. The van der Waals surface area contributed by atoms with Gasteiger partial charge < -0.3 is 15.6 Å². The molecule has 1 aromatic carbocycles. The number of benzene rings is 1. The number of nitrogens with two attached hydrogens (primary N) is 1. The van der Waals surface area contributed by atoms with Crippen molar-refractivity contribution in [1.29, 1.82) is 5.26 Å². The summed E-state index contributed by atoms with van der Waals surface area (Å²) in [4.78, 5) is 10.5. The van der Waals surface area contributed by atoms with Gasteiger partial charge >= 0.3 is 5.97 Å². The van der Waals surface area contributed by atoms with Crippen LogP contribution >= 0.6 is 11.8 Å². The Balaban J connectivity index is 2.59. The third kappa shape index (κ3) is 3.95. The molecule has 0 bridgehead atoms. The van der Waals surface area contributed by atoms with Gasteiger partial charge in [-0.15, -0.1) is 0 Å². The maximum Gasteiger partial charge on any atom is 0.321 e. The summed E-state index contributed by atoms with van der Waals surface area (Å²) in [5.41, 5.74) is 6.84. The average Bonchev–Trinajstić information content (AvgIpc) is 2.38. The Labute approximate surface area is 110 Å². The number of ether oxygens (including phenoxy) is 1. The number of nitrogens with zero attached hydrogens (tertiary/aromatic N) is 1. The van der Waals surface area contributed by atoms with E-state index < -0.39 is 12.0 Å². The fourth-order valence-corrected chi connectivity index (χ4v) is 2.22. The summed E-state index contributed by atoms with van der Waals surface area (Å²) in [7, 11) is 1.51. The lowest BCUT2D eigenvalue weighted by atomic mass is 10.1. The Bertz CT molecular complexity index is 471. The van der Waals surface area contributed by atoms with Crippen molar-refractivity contribution < 1.29 is 14.6 Å². The molecule has 0 aliphatic heterocycles. The molecule has 0 heterocycles. The molecule has 6 heteroatoms. The lowest BCUT2D eigenvalue weighted by Crippen LogP contribution is -2.32. The van der Waals surface area contributed by atoms with Gasteiger partial charge in [-0.1, -0.05) is 6.07 Å². The van der Waals surface area contributed by atoms with Crippen molar-refractivity contribution in [2.75, 3.05) is 12.9 Å². The zero-order chi connectivity index (χ0) is 13.5. The highest BCUT2D eigenvalue weighted by molar-refractivity contribution is 7.98. The smallest absolute Gasteiger partial charge is 0.321 e. The first kappa shape index (κ1) is 14.4. The molecule has 0 aliphatic carbocycles. The van der Waals surface area contributed by atoms with Crippen molar-refractivity contribution in [2.45, 2.75) is 11.8 Å². The summed E-state index contributed by atoms with van der Waals surface area (Å²) < 4.78 is 5.09. The summed E-state index contributed by atoms with van der Waals surface area (Å²) in [6.45, 7) is 0. The van der Waals surface area contributed by atoms with Crippen molar-refractivity contribution in [3.63, 3.8) is 0 Å². The van der Waals surface area contributed by atoms with Crippen LogP contribution in [0.15, 0.2) is 18.2 Å². The van der Waals surface area contributed by atoms with E-state index >= 15 is 0 Å². The van der Waals surface area contributed by atoms with Crippen LogP contribution in [0.3, 0.4) is 0 Å². The quantitative estimate of drug-likeness (QED) is 0.803. The molecule has 18 heavy (non-hydrogen) atoms. The van der Waals surface area contributed by atoms with Gasteiger partial charge in [0.15, 0.2) is 0 Å². The van der Waals surface area contributed by atoms with E-state index in [1.807, 2.05) is 12.1 Å². The van der Waals surface area contributed by atoms with Crippen molar-refractivity contribution in [1.82, 2.24) is 0 Å². The Kier molecular flexibility index (Phi) is 5.49. The molecule has 0 unspecified atom stereocenters. The molecule has 0 radical (unpaired) electrons. The average molecular weight is 266 g/mol. The van der Waals surface area contributed by atoms with Gasteiger partial charge in [-0.3, -0.25) is 4.79 Å². The number of aliphatic carboxylic acids is 1. The maximum atomic E-state index is 10.5. The largest absolute Gasteiger partial charge is 0.495 e. The van der Waals surface area contributed by atoms with E-state index in [9.17, 15) is 4.79 Å². The van der Waals surface area contributed by atoms with Crippen molar-refractivity contribution in [3.05, 3.63) is 29.3 Å². The number of rotatable bonds is 6. The summed E-state index contributed by atoms with van der Waals surface area (Å²) in [6, 6.07) is 6.46. The van der Waals surface area contributed by atoms with Gasteiger partial charge in [0.2, 0.25) is 0 Å². The number of nitriles is 1. The first-order chi connectivity index (χ1) is 8.58. The summed E-state index contributed by atoms with van der Waals surface area (Å²) in [5.74, 6) is 0.499. The monoisotopic (exact) mass is 266 g/mol. The van der Waals surface area contributed by atoms with Crippen LogP contribution in [0.2, 0.25) is 0 Å². The van der Waals surface area contributed by atoms with E-state index in [1.54, 1.807) is 12.1 Å². The Hall–Kier alpha value is -1.71. The number of methoxy groups -OCH3 is 1. The molecule has 1 atom stereocenters. The van der Waals surface area contributed by atoms with Gasteiger partial charge in [0.1, 0.15) is 17.9 Å². The van der Waals surface area contributed by atoms with E-state index in [-0.39, 0.29) is 0 Å². The van der Waals surface area contributed by atoms with Crippen molar-refractivity contribution >= 4 is 17.7 Å². The normalized spacial score (nSPS) is 11.6. The molecule has 0 saturated heterocycles. The van der Waals surface area contributed by atoms with E-state index in [1.165, 1.54) is 18.9 Å². The van der Waals surface area contributed by atoms with Crippen LogP contribution in [0.1, 0.15) is 11.1 Å². The van der Waals surface area contributed by atoms with Crippen LogP contribution in [0.4, 0.5) is 0 Å². The predicted molar refractivity (Wildman–Crippen MR) is 69.5 cm³/mol. The molecule has 0 aliphatic rings. The first-order valence-corrected chi connectivity index (χ1v) is 6.37. The number of carboxylic acid groups (broad SMARTS) is 1. The molecule has 0 aromatic heterocycles. The van der Waals surface area contributed by atoms with E-state index in [2.05, 4.69) is 0 Å². The molecule has 0 amide bonds. The number of carboxylic acids is 1. The highest BCUT2D eigenvalue weighted by Crippen LogP contribution is 2.22. The van der Waals surface area contributed by atoms with Crippen LogP contribution < -0.4 is 10.5 Å². The third-order valence-electron chi connectivity index (χ3n) is 2.27. The fourth-order valence-electron chi connectivity index (χ4n) is 1.29. The minimum atomic E-state index is -1.00. The van der Waals surface area contributed by atoms with Gasteiger partial charge in [0, 0.05) is 11.5 Å². The zero-order valence-electron chi connectivity index (χ0n) is 9.92. The minimum absolute atomic E-state index is 0.345. The maximum absolute atomic E-state index is 10.5. The van der Waals surface area contributed by atoms with Crippen LogP contribution in [0.25, 0.3) is 0 Å². The second kappa shape index (κ2) is 6.89. The van der Waals surface area contributed by atoms with Gasteiger partial charge in [-0.05, 0) is 17.7 Å². The zero-order valence-corrected chi connectivity index (χ0v) is 10.7. The standard InChI is InChI=1S/C12H14N2O3S/c1-17-11-4-8(2-3-9(11)5-13)6-18-7-10(14)12(15)16/h2-4,10H,6-7,14H2,1H3,(H,15,16)/t10-/m1/s1. The molecule has 1 aromatic rings. The topological polar surface area (TPSA) is 96.3 Å². The SMILES string of the molecule is COc1cc(CSC[C@@H](N)C(=O)O)ccc1C#N. The van der Waals surface area contributed by atoms with Gasteiger partial charge in [0.25, 0.3) is 0 Å². The van der Waals surface area contributed by atoms with Crippen LogP contribution in [-0.2, 0) is 10.5 Å². The Morgan fingerprint density at radius 3 is 2.94 bits per heavy atom. The molecule has 0 saturated carbocycles. The molecular formula is C12H14N2O3S. The molecule has 3 N–H and O–H groups in total. The van der Waals surface area contributed by atoms with Crippen molar-refractivity contribution in [2.24, 2.45) is 5.73 Å². The lowest BCUT2D eigenvalue weighted by molar-refractivity contribution is -0.137. The lowest BCUT2D eigenvalue weighted by Gasteiger charge is -2.08. The molecule has 1 rings (SSSR count). The summed E-state index contributed by atoms with van der Waals surface area (Å²) in [6.07, 6.45) is 0. The number of hydrogen-bond donors (Lipinski definition) is 2. The van der Waals surface area contributed by atoms with Gasteiger partial charge in [-0.2, -0.15) is 17.0 Å². The highest BCUT2D eigenvalue weighted by Gasteiger charge is 2.11.